The number of fused-ring (bicyclic) bond motifs is 1. The van der Waals surface area contributed by atoms with Gasteiger partial charge in [0, 0.05) is 13.1 Å². The van der Waals surface area contributed by atoms with Crippen LogP contribution in [0.2, 0.25) is 0 Å². The molecule has 0 radical (unpaired) electrons. The molecule has 0 N–H and O–H groups in total. The van der Waals surface area contributed by atoms with Crippen LogP contribution in [0, 0.1) is 11.3 Å². The Bertz CT molecular complexity index is 955. The van der Waals surface area contributed by atoms with Crippen LogP contribution < -0.4 is 9.64 Å². The van der Waals surface area contributed by atoms with Gasteiger partial charge in [0.1, 0.15) is 11.8 Å². The molecule has 0 saturated carbocycles. The quantitative estimate of drug-likeness (QED) is 0.727. The van der Waals surface area contributed by atoms with Crippen LogP contribution >= 0.6 is 0 Å². The second kappa shape index (κ2) is 6.89. The van der Waals surface area contributed by atoms with Crippen molar-refractivity contribution in [2.75, 3.05) is 18.1 Å². The van der Waals surface area contributed by atoms with Gasteiger partial charge < -0.3 is 9.64 Å². The van der Waals surface area contributed by atoms with E-state index in [1.807, 2.05) is 37.3 Å². The van der Waals surface area contributed by atoms with Gasteiger partial charge >= 0.3 is 0 Å². The first-order valence-corrected chi connectivity index (χ1v) is 8.71. The third kappa shape index (κ3) is 3.00. The van der Waals surface area contributed by atoms with Gasteiger partial charge in [-0.15, -0.1) is 15.0 Å². The SMILES string of the molecule is CCOc1ccc(-n2nc(C#N)c(N3CCc4ccccc4C3)n2)cc1. The molecule has 1 aliphatic heterocycles. The van der Waals surface area contributed by atoms with E-state index in [1.165, 1.54) is 15.9 Å². The maximum absolute atomic E-state index is 9.51. The molecule has 6 heteroatoms. The Hall–Kier alpha value is -3.33. The van der Waals surface area contributed by atoms with Crippen molar-refractivity contribution < 1.29 is 4.74 Å². The van der Waals surface area contributed by atoms with Crippen molar-refractivity contribution in [3.63, 3.8) is 0 Å². The van der Waals surface area contributed by atoms with Crippen LogP contribution in [-0.4, -0.2) is 28.1 Å². The predicted molar refractivity (Wildman–Crippen MR) is 98.4 cm³/mol. The second-order valence-corrected chi connectivity index (χ2v) is 6.14. The number of rotatable bonds is 4. The van der Waals surface area contributed by atoms with Gasteiger partial charge in [-0.1, -0.05) is 24.3 Å². The van der Waals surface area contributed by atoms with E-state index in [2.05, 4.69) is 39.4 Å². The zero-order chi connectivity index (χ0) is 17.9. The number of nitrogens with zero attached hydrogens (tertiary/aromatic N) is 5. The van der Waals surface area contributed by atoms with Crippen molar-refractivity contribution >= 4 is 5.82 Å². The summed E-state index contributed by atoms with van der Waals surface area (Å²) in [5, 5.41) is 18.5. The molecule has 0 spiro atoms. The summed E-state index contributed by atoms with van der Waals surface area (Å²) in [5.41, 5.74) is 3.78. The number of anilines is 1. The van der Waals surface area contributed by atoms with Crippen LogP contribution in [0.25, 0.3) is 5.69 Å². The summed E-state index contributed by atoms with van der Waals surface area (Å²) in [6, 6.07) is 18.1. The van der Waals surface area contributed by atoms with E-state index in [4.69, 9.17) is 4.74 Å². The monoisotopic (exact) mass is 345 g/mol. The molecule has 0 saturated heterocycles. The summed E-state index contributed by atoms with van der Waals surface area (Å²) in [6.45, 7) is 4.14. The van der Waals surface area contributed by atoms with Crippen molar-refractivity contribution in [2.45, 2.75) is 19.9 Å². The van der Waals surface area contributed by atoms with Crippen molar-refractivity contribution in [1.82, 2.24) is 15.0 Å². The smallest absolute Gasteiger partial charge is 0.207 e. The molecule has 0 aliphatic carbocycles. The third-order valence-electron chi connectivity index (χ3n) is 4.51. The maximum Gasteiger partial charge on any atom is 0.207 e. The van der Waals surface area contributed by atoms with E-state index >= 15 is 0 Å². The maximum atomic E-state index is 9.51. The molecule has 0 amide bonds. The summed E-state index contributed by atoms with van der Waals surface area (Å²) < 4.78 is 5.46. The normalized spacial score (nSPS) is 13.2. The van der Waals surface area contributed by atoms with Crippen LogP contribution in [0.4, 0.5) is 5.82 Å². The van der Waals surface area contributed by atoms with Crippen LogP contribution in [-0.2, 0) is 13.0 Å². The lowest BCUT2D eigenvalue weighted by Crippen LogP contribution is -2.31. The number of benzene rings is 2. The molecule has 2 heterocycles. The van der Waals surface area contributed by atoms with Crippen molar-refractivity contribution in [2.24, 2.45) is 0 Å². The van der Waals surface area contributed by atoms with E-state index < -0.39 is 0 Å². The van der Waals surface area contributed by atoms with Crippen molar-refractivity contribution in [1.29, 1.82) is 5.26 Å². The van der Waals surface area contributed by atoms with E-state index in [9.17, 15) is 5.26 Å². The van der Waals surface area contributed by atoms with E-state index in [0.29, 0.717) is 18.1 Å². The molecule has 0 bridgehead atoms. The van der Waals surface area contributed by atoms with Gasteiger partial charge in [-0.2, -0.15) is 5.26 Å². The molecule has 4 rings (SSSR count). The van der Waals surface area contributed by atoms with Crippen LogP contribution in [0.15, 0.2) is 48.5 Å². The molecular formula is C20H19N5O. The van der Waals surface area contributed by atoms with Gasteiger partial charge in [0.25, 0.3) is 0 Å². The largest absolute Gasteiger partial charge is 0.494 e. The number of hydrogen-bond acceptors (Lipinski definition) is 5. The molecule has 0 atom stereocenters. The van der Waals surface area contributed by atoms with Crippen LogP contribution in [0.3, 0.4) is 0 Å². The molecule has 130 valence electrons. The Morgan fingerprint density at radius 2 is 1.85 bits per heavy atom. The van der Waals surface area contributed by atoms with Crippen molar-refractivity contribution in [3.05, 3.63) is 65.4 Å². The highest BCUT2D eigenvalue weighted by Crippen LogP contribution is 2.25. The molecular weight excluding hydrogens is 326 g/mol. The topological polar surface area (TPSA) is 67.0 Å². The molecule has 0 fully saturated rings. The van der Waals surface area contributed by atoms with Gasteiger partial charge in [0.15, 0.2) is 5.82 Å². The molecule has 26 heavy (non-hydrogen) atoms. The Morgan fingerprint density at radius 3 is 2.58 bits per heavy atom. The van der Waals surface area contributed by atoms with Gasteiger partial charge in [0.05, 0.1) is 12.3 Å². The average Bonchev–Trinajstić information content (AvgIpc) is 3.13. The minimum atomic E-state index is 0.346. The molecule has 2 aromatic carbocycles. The van der Waals surface area contributed by atoms with E-state index in [1.54, 1.807) is 0 Å². The lowest BCUT2D eigenvalue weighted by atomic mass is 10.00. The van der Waals surface area contributed by atoms with Crippen LogP contribution in [0.5, 0.6) is 5.75 Å². The third-order valence-corrected chi connectivity index (χ3v) is 4.51. The molecule has 6 nitrogen and oxygen atoms in total. The molecule has 1 aliphatic rings. The van der Waals surface area contributed by atoms with E-state index in [-0.39, 0.29) is 0 Å². The van der Waals surface area contributed by atoms with Gasteiger partial charge in [0.2, 0.25) is 5.69 Å². The highest BCUT2D eigenvalue weighted by Gasteiger charge is 2.23. The number of nitriles is 1. The van der Waals surface area contributed by atoms with Crippen molar-refractivity contribution in [3.8, 4) is 17.5 Å². The Labute approximate surface area is 152 Å². The first kappa shape index (κ1) is 16.2. The standard InChI is InChI=1S/C20H19N5O/c1-2-26-18-9-7-17(8-10-18)25-22-19(13-21)20(23-25)24-12-11-15-5-3-4-6-16(15)14-24/h3-10H,2,11-12,14H2,1H3. The predicted octanol–water partition coefficient (Wildman–Crippen LogP) is 3.10. The molecule has 0 unspecified atom stereocenters. The van der Waals surface area contributed by atoms with Gasteiger partial charge in [-0.05, 0) is 48.7 Å². The number of hydrogen-bond donors (Lipinski definition) is 0. The number of ether oxygens (including phenoxy) is 1. The van der Waals surface area contributed by atoms with Crippen LogP contribution in [0.1, 0.15) is 23.7 Å². The minimum Gasteiger partial charge on any atom is -0.494 e. The first-order valence-electron chi connectivity index (χ1n) is 8.71. The lowest BCUT2D eigenvalue weighted by Gasteiger charge is -2.28. The Kier molecular flexibility index (Phi) is 4.28. The zero-order valence-electron chi connectivity index (χ0n) is 14.6. The fraction of sp³-hybridized carbons (Fsp3) is 0.250. The fourth-order valence-electron chi connectivity index (χ4n) is 3.22. The highest BCUT2D eigenvalue weighted by molar-refractivity contribution is 5.52. The molecule has 1 aromatic heterocycles. The Balaban J connectivity index is 1.63. The van der Waals surface area contributed by atoms with Gasteiger partial charge in [-0.3, -0.25) is 0 Å². The summed E-state index contributed by atoms with van der Waals surface area (Å²) in [6.07, 6.45) is 0.941. The highest BCUT2D eigenvalue weighted by atomic mass is 16.5. The fourth-order valence-corrected chi connectivity index (χ4v) is 3.22. The summed E-state index contributed by atoms with van der Waals surface area (Å²) in [4.78, 5) is 3.64. The summed E-state index contributed by atoms with van der Waals surface area (Å²) >= 11 is 0. The zero-order valence-corrected chi connectivity index (χ0v) is 14.6. The lowest BCUT2D eigenvalue weighted by molar-refractivity contribution is 0.340. The van der Waals surface area contributed by atoms with Gasteiger partial charge in [-0.25, -0.2) is 0 Å². The summed E-state index contributed by atoms with van der Waals surface area (Å²) in [7, 11) is 0. The first-order chi connectivity index (χ1) is 12.8. The molecule has 3 aromatic rings. The average molecular weight is 345 g/mol. The summed E-state index contributed by atoms with van der Waals surface area (Å²) in [5.74, 6) is 1.44. The van der Waals surface area contributed by atoms with E-state index in [0.717, 1.165) is 30.9 Å². The second-order valence-electron chi connectivity index (χ2n) is 6.14. The minimum absolute atomic E-state index is 0.346. The number of aromatic nitrogens is 3. The Morgan fingerprint density at radius 1 is 1.08 bits per heavy atom.